The predicted octanol–water partition coefficient (Wildman–Crippen LogP) is 5.51. The maximum absolute atomic E-state index is 4.98. The van der Waals surface area contributed by atoms with Gasteiger partial charge in [-0.25, -0.2) is 4.98 Å². The molecule has 0 aliphatic rings. The Morgan fingerprint density at radius 2 is 1.63 bits per heavy atom. The average Bonchev–Trinajstić information content (AvgIpc) is 2.82. The van der Waals surface area contributed by atoms with E-state index in [4.69, 9.17) is 4.98 Å². The van der Waals surface area contributed by atoms with Crippen molar-refractivity contribution in [2.24, 2.45) is 0 Å². The first-order chi connectivity index (χ1) is 8.87. The van der Waals surface area contributed by atoms with Gasteiger partial charge >= 0.3 is 0 Å². The van der Waals surface area contributed by atoms with Gasteiger partial charge in [0.1, 0.15) is 5.82 Å². The number of aromatic amines is 1. The van der Waals surface area contributed by atoms with E-state index in [0.29, 0.717) is 11.8 Å². The van der Waals surface area contributed by atoms with Crippen molar-refractivity contribution >= 4 is 0 Å². The zero-order chi connectivity index (χ0) is 14.6. The van der Waals surface area contributed by atoms with E-state index in [2.05, 4.69) is 53.5 Å². The summed E-state index contributed by atoms with van der Waals surface area (Å²) in [6.45, 7) is 15.9. The molecule has 0 bridgehead atoms. The molecule has 0 saturated heterocycles. The molecule has 0 spiro atoms. The number of nitrogens with zero attached hydrogens (tertiary/aromatic N) is 1. The standard InChI is InChI=1S/C17H32N2/c1-8-11-17(6,7)16-18-14(12(4)9-2)15(19-16)13(5)10-3/h12-13H,8-11H2,1-7H3,(H,18,19). The molecule has 0 aromatic carbocycles. The highest BCUT2D eigenvalue weighted by atomic mass is 15.0. The Labute approximate surface area is 119 Å². The number of hydrogen-bond donors (Lipinski definition) is 1. The van der Waals surface area contributed by atoms with Crippen molar-refractivity contribution in [3.63, 3.8) is 0 Å². The summed E-state index contributed by atoms with van der Waals surface area (Å²) in [5.41, 5.74) is 2.83. The molecule has 1 heterocycles. The molecule has 0 aliphatic heterocycles. The summed E-state index contributed by atoms with van der Waals surface area (Å²) in [5.74, 6) is 2.30. The minimum absolute atomic E-state index is 0.155. The van der Waals surface area contributed by atoms with E-state index in [9.17, 15) is 0 Å². The van der Waals surface area contributed by atoms with Crippen LogP contribution in [-0.2, 0) is 5.41 Å². The molecular formula is C17H32N2. The fraction of sp³-hybridized carbons (Fsp3) is 0.824. The molecule has 2 heteroatoms. The molecule has 2 unspecified atom stereocenters. The second kappa shape index (κ2) is 6.58. The van der Waals surface area contributed by atoms with Crippen LogP contribution < -0.4 is 0 Å². The van der Waals surface area contributed by atoms with Gasteiger partial charge in [0, 0.05) is 11.1 Å². The monoisotopic (exact) mass is 264 g/mol. The highest BCUT2D eigenvalue weighted by Gasteiger charge is 2.27. The van der Waals surface area contributed by atoms with Gasteiger partial charge in [0.25, 0.3) is 0 Å². The highest BCUT2D eigenvalue weighted by molar-refractivity contribution is 5.25. The molecule has 0 saturated carbocycles. The summed E-state index contributed by atoms with van der Waals surface area (Å²) in [7, 11) is 0. The maximum Gasteiger partial charge on any atom is 0.112 e. The van der Waals surface area contributed by atoms with Crippen LogP contribution >= 0.6 is 0 Å². The Balaban J connectivity index is 3.20. The number of imidazole rings is 1. The third-order valence-electron chi connectivity index (χ3n) is 4.46. The van der Waals surface area contributed by atoms with Crippen molar-refractivity contribution in [2.45, 2.75) is 91.4 Å². The Bertz CT molecular complexity index is 362. The minimum atomic E-state index is 0.155. The number of nitrogens with one attached hydrogen (secondary N) is 1. The topological polar surface area (TPSA) is 28.7 Å². The van der Waals surface area contributed by atoms with Crippen molar-refractivity contribution in [3.8, 4) is 0 Å². The minimum Gasteiger partial charge on any atom is -0.345 e. The summed E-state index contributed by atoms with van der Waals surface area (Å²) in [6.07, 6.45) is 4.70. The molecule has 19 heavy (non-hydrogen) atoms. The van der Waals surface area contributed by atoms with E-state index in [0.717, 1.165) is 6.42 Å². The molecule has 1 aromatic heterocycles. The van der Waals surface area contributed by atoms with Crippen LogP contribution in [-0.4, -0.2) is 9.97 Å². The summed E-state index contributed by atoms with van der Waals surface area (Å²) >= 11 is 0. The second-order valence-corrected chi connectivity index (χ2v) is 6.64. The van der Waals surface area contributed by atoms with Gasteiger partial charge in [0.15, 0.2) is 0 Å². The van der Waals surface area contributed by atoms with Gasteiger partial charge in [-0.05, 0) is 31.1 Å². The third-order valence-corrected chi connectivity index (χ3v) is 4.46. The van der Waals surface area contributed by atoms with Crippen molar-refractivity contribution in [2.75, 3.05) is 0 Å². The lowest BCUT2D eigenvalue weighted by Gasteiger charge is -2.21. The predicted molar refractivity (Wildman–Crippen MR) is 83.9 cm³/mol. The van der Waals surface area contributed by atoms with Crippen LogP contribution in [0, 0.1) is 0 Å². The Morgan fingerprint density at radius 3 is 2.11 bits per heavy atom. The molecule has 0 amide bonds. The maximum atomic E-state index is 4.98. The largest absolute Gasteiger partial charge is 0.345 e. The Hall–Kier alpha value is -0.790. The molecule has 1 rings (SSSR count). The van der Waals surface area contributed by atoms with E-state index >= 15 is 0 Å². The van der Waals surface area contributed by atoms with E-state index in [1.807, 2.05) is 0 Å². The van der Waals surface area contributed by atoms with Gasteiger partial charge in [0.2, 0.25) is 0 Å². The normalized spacial score (nSPS) is 15.5. The molecular weight excluding hydrogens is 232 g/mol. The molecule has 0 fully saturated rings. The highest BCUT2D eigenvalue weighted by Crippen LogP contribution is 2.33. The van der Waals surface area contributed by atoms with Crippen LogP contribution in [0.3, 0.4) is 0 Å². The average molecular weight is 264 g/mol. The number of H-pyrrole nitrogens is 1. The van der Waals surface area contributed by atoms with E-state index < -0.39 is 0 Å². The van der Waals surface area contributed by atoms with Gasteiger partial charge in [0.05, 0.1) is 5.69 Å². The fourth-order valence-electron chi connectivity index (χ4n) is 2.61. The zero-order valence-corrected chi connectivity index (χ0v) is 13.9. The summed E-state index contributed by atoms with van der Waals surface area (Å²) in [6, 6.07) is 0. The molecule has 1 aromatic rings. The number of rotatable bonds is 7. The summed E-state index contributed by atoms with van der Waals surface area (Å²) < 4.78 is 0. The number of aromatic nitrogens is 2. The first kappa shape index (κ1) is 16.3. The van der Waals surface area contributed by atoms with Crippen LogP contribution in [0.5, 0.6) is 0 Å². The van der Waals surface area contributed by atoms with E-state index in [-0.39, 0.29) is 5.41 Å². The molecule has 0 radical (unpaired) electrons. The van der Waals surface area contributed by atoms with Gasteiger partial charge in [-0.2, -0.15) is 0 Å². The Morgan fingerprint density at radius 1 is 1.05 bits per heavy atom. The fourth-order valence-corrected chi connectivity index (χ4v) is 2.61. The van der Waals surface area contributed by atoms with Crippen molar-refractivity contribution in [1.29, 1.82) is 0 Å². The van der Waals surface area contributed by atoms with Gasteiger partial charge in [-0.3, -0.25) is 0 Å². The summed E-state index contributed by atoms with van der Waals surface area (Å²) in [4.78, 5) is 8.65. The first-order valence-corrected chi connectivity index (χ1v) is 7.97. The van der Waals surface area contributed by atoms with Crippen molar-refractivity contribution < 1.29 is 0 Å². The zero-order valence-electron chi connectivity index (χ0n) is 13.9. The molecule has 110 valence electrons. The van der Waals surface area contributed by atoms with Crippen LogP contribution in [0.4, 0.5) is 0 Å². The molecule has 1 N–H and O–H groups in total. The van der Waals surface area contributed by atoms with E-state index in [1.54, 1.807) is 0 Å². The molecule has 2 atom stereocenters. The van der Waals surface area contributed by atoms with Crippen molar-refractivity contribution in [1.82, 2.24) is 9.97 Å². The lowest BCUT2D eigenvalue weighted by atomic mass is 9.87. The first-order valence-electron chi connectivity index (χ1n) is 7.97. The second-order valence-electron chi connectivity index (χ2n) is 6.64. The summed E-state index contributed by atoms with van der Waals surface area (Å²) in [5, 5.41) is 0. The van der Waals surface area contributed by atoms with Crippen molar-refractivity contribution in [3.05, 3.63) is 17.2 Å². The van der Waals surface area contributed by atoms with Crippen LogP contribution in [0.2, 0.25) is 0 Å². The smallest absolute Gasteiger partial charge is 0.112 e. The van der Waals surface area contributed by atoms with E-state index in [1.165, 1.54) is 36.5 Å². The molecule has 2 nitrogen and oxygen atoms in total. The van der Waals surface area contributed by atoms with Crippen LogP contribution in [0.1, 0.15) is 103 Å². The quantitative estimate of drug-likeness (QED) is 0.690. The lowest BCUT2D eigenvalue weighted by Crippen LogP contribution is -2.18. The lowest BCUT2D eigenvalue weighted by molar-refractivity contribution is 0.446. The Kier molecular flexibility index (Phi) is 5.64. The SMILES string of the molecule is CCCC(C)(C)c1nc(C(C)CC)c(C(C)CC)[nH]1. The van der Waals surface area contributed by atoms with Crippen LogP contribution in [0.25, 0.3) is 0 Å². The third kappa shape index (κ3) is 3.61. The van der Waals surface area contributed by atoms with Gasteiger partial charge in [-0.1, -0.05) is 54.9 Å². The molecule has 0 aliphatic carbocycles. The van der Waals surface area contributed by atoms with Crippen LogP contribution in [0.15, 0.2) is 0 Å². The van der Waals surface area contributed by atoms with Gasteiger partial charge in [-0.15, -0.1) is 0 Å². The number of hydrogen-bond acceptors (Lipinski definition) is 1. The van der Waals surface area contributed by atoms with Gasteiger partial charge < -0.3 is 4.98 Å².